The summed E-state index contributed by atoms with van der Waals surface area (Å²) in [5, 5.41) is 2.83. The van der Waals surface area contributed by atoms with Crippen molar-refractivity contribution in [1.82, 2.24) is 19.9 Å². The Labute approximate surface area is 146 Å². The maximum Gasteiger partial charge on any atom is 0.263 e. The molecule has 2 N–H and O–H groups in total. The van der Waals surface area contributed by atoms with E-state index in [1.54, 1.807) is 24.0 Å². The average Bonchev–Trinajstić information content (AvgIpc) is 3.25. The number of hydrogen-bond acceptors (Lipinski definition) is 4. The number of nitrogens with one attached hydrogen (secondary N) is 2. The van der Waals surface area contributed by atoms with Crippen LogP contribution in [-0.2, 0) is 17.7 Å². The van der Waals surface area contributed by atoms with E-state index >= 15 is 0 Å². The van der Waals surface area contributed by atoms with Gasteiger partial charge in [0.25, 0.3) is 11.5 Å². The molecule has 0 bridgehead atoms. The molecule has 2 aromatic rings. The van der Waals surface area contributed by atoms with Gasteiger partial charge in [-0.05, 0) is 38.3 Å². The number of H-pyrrole nitrogens is 1. The van der Waals surface area contributed by atoms with Crippen molar-refractivity contribution in [1.29, 1.82) is 0 Å². The summed E-state index contributed by atoms with van der Waals surface area (Å²) in [7, 11) is 0. The van der Waals surface area contributed by atoms with Gasteiger partial charge >= 0.3 is 0 Å². The van der Waals surface area contributed by atoms with Crippen molar-refractivity contribution in [2.45, 2.75) is 45.8 Å². The van der Waals surface area contributed by atoms with Gasteiger partial charge in [-0.2, -0.15) is 0 Å². The van der Waals surface area contributed by atoms with Gasteiger partial charge in [0.15, 0.2) is 0 Å². The topological polar surface area (TPSA) is 89.0 Å². The Hall–Kier alpha value is -2.41. The Bertz CT molecular complexity index is 789. The summed E-state index contributed by atoms with van der Waals surface area (Å²) in [6, 6.07) is 1.89. The molecule has 0 saturated carbocycles. The number of rotatable bonds is 6. The Morgan fingerprint density at radius 2 is 2.32 bits per heavy atom. The summed E-state index contributed by atoms with van der Waals surface area (Å²) in [4.78, 5) is 32.3. The molecule has 0 spiro atoms. The molecule has 3 heterocycles. The number of ether oxygens (including phenoxy) is 1. The monoisotopic (exact) mass is 344 g/mol. The second kappa shape index (κ2) is 7.65. The lowest BCUT2D eigenvalue weighted by Gasteiger charge is -2.17. The van der Waals surface area contributed by atoms with Gasteiger partial charge in [-0.25, -0.2) is 4.98 Å². The molecule has 0 aliphatic carbocycles. The Morgan fingerprint density at radius 1 is 1.48 bits per heavy atom. The van der Waals surface area contributed by atoms with Crippen LogP contribution in [0.2, 0.25) is 0 Å². The highest BCUT2D eigenvalue weighted by molar-refractivity contribution is 5.95. The van der Waals surface area contributed by atoms with Crippen LogP contribution in [0.4, 0.5) is 0 Å². The smallest absolute Gasteiger partial charge is 0.263 e. The quantitative estimate of drug-likeness (QED) is 0.828. The SMILES string of the molecule is Cc1cc(C)n(C[C@H]2CCCO2)c(=O)c1C(=O)NCCc1cnc[nH]1. The second-order valence-electron chi connectivity index (χ2n) is 6.48. The van der Waals surface area contributed by atoms with Crippen LogP contribution in [0.1, 0.15) is 40.2 Å². The van der Waals surface area contributed by atoms with Crippen molar-refractivity contribution in [3.8, 4) is 0 Å². The van der Waals surface area contributed by atoms with Crippen molar-refractivity contribution in [3.63, 3.8) is 0 Å². The largest absolute Gasteiger partial charge is 0.376 e. The standard InChI is InChI=1S/C18H24N4O3/c1-12-8-13(2)22(10-15-4-3-7-25-15)18(24)16(12)17(23)20-6-5-14-9-19-11-21-14/h8-9,11,15H,3-7,10H2,1-2H3,(H,19,21)(H,20,23)/t15-/m1/s1. The van der Waals surface area contributed by atoms with E-state index in [0.29, 0.717) is 25.1 Å². The van der Waals surface area contributed by atoms with Gasteiger partial charge < -0.3 is 19.6 Å². The highest BCUT2D eigenvalue weighted by atomic mass is 16.5. The van der Waals surface area contributed by atoms with Crippen LogP contribution in [-0.4, -0.2) is 39.7 Å². The fourth-order valence-electron chi connectivity index (χ4n) is 3.24. The molecule has 0 unspecified atom stereocenters. The van der Waals surface area contributed by atoms with E-state index < -0.39 is 0 Å². The molecular formula is C18H24N4O3. The number of aromatic nitrogens is 3. The average molecular weight is 344 g/mol. The number of pyridine rings is 1. The Balaban J connectivity index is 1.74. The fourth-order valence-corrected chi connectivity index (χ4v) is 3.24. The summed E-state index contributed by atoms with van der Waals surface area (Å²) >= 11 is 0. The molecule has 7 nitrogen and oxygen atoms in total. The summed E-state index contributed by atoms with van der Waals surface area (Å²) in [6.45, 7) is 5.38. The first-order valence-electron chi connectivity index (χ1n) is 8.64. The summed E-state index contributed by atoms with van der Waals surface area (Å²) in [5.74, 6) is -0.330. The fraction of sp³-hybridized carbons (Fsp3) is 0.500. The minimum absolute atomic E-state index is 0.0513. The van der Waals surface area contributed by atoms with Crippen LogP contribution in [0.3, 0.4) is 0 Å². The molecule has 0 radical (unpaired) electrons. The van der Waals surface area contributed by atoms with Crippen LogP contribution < -0.4 is 10.9 Å². The van der Waals surface area contributed by atoms with Crippen LogP contribution >= 0.6 is 0 Å². The van der Waals surface area contributed by atoms with Crippen molar-refractivity contribution >= 4 is 5.91 Å². The molecule has 1 aliphatic rings. The second-order valence-corrected chi connectivity index (χ2v) is 6.48. The normalized spacial score (nSPS) is 17.0. The zero-order valence-corrected chi connectivity index (χ0v) is 14.7. The summed E-state index contributed by atoms with van der Waals surface area (Å²) in [6.07, 6.45) is 5.98. The van der Waals surface area contributed by atoms with Crippen LogP contribution in [0, 0.1) is 13.8 Å². The lowest BCUT2D eigenvalue weighted by Crippen LogP contribution is -2.37. The van der Waals surface area contributed by atoms with Gasteiger partial charge in [0.1, 0.15) is 5.56 Å². The zero-order chi connectivity index (χ0) is 17.8. The van der Waals surface area contributed by atoms with Crippen molar-refractivity contribution in [2.75, 3.05) is 13.2 Å². The highest BCUT2D eigenvalue weighted by Crippen LogP contribution is 2.15. The van der Waals surface area contributed by atoms with Crippen LogP contribution in [0.15, 0.2) is 23.4 Å². The predicted octanol–water partition coefficient (Wildman–Crippen LogP) is 1.34. The van der Waals surface area contributed by atoms with Gasteiger partial charge in [0.05, 0.1) is 19.0 Å². The Kier molecular flexibility index (Phi) is 5.33. The summed E-state index contributed by atoms with van der Waals surface area (Å²) in [5.41, 5.74) is 2.47. The maximum absolute atomic E-state index is 12.9. The minimum atomic E-state index is -0.330. The molecule has 0 aromatic carbocycles. The van der Waals surface area contributed by atoms with Crippen molar-refractivity contribution in [3.05, 3.63) is 51.5 Å². The van der Waals surface area contributed by atoms with Crippen molar-refractivity contribution < 1.29 is 9.53 Å². The van der Waals surface area contributed by atoms with Gasteiger partial charge in [-0.15, -0.1) is 0 Å². The number of amides is 1. The molecule has 2 aromatic heterocycles. The maximum atomic E-state index is 12.9. The third-order valence-corrected chi connectivity index (χ3v) is 4.58. The molecular weight excluding hydrogens is 320 g/mol. The first-order chi connectivity index (χ1) is 12.1. The number of nitrogens with zero attached hydrogens (tertiary/aromatic N) is 2. The Morgan fingerprint density at radius 3 is 3.00 bits per heavy atom. The lowest BCUT2D eigenvalue weighted by molar-refractivity contribution is 0.0927. The number of hydrogen-bond donors (Lipinski definition) is 2. The zero-order valence-electron chi connectivity index (χ0n) is 14.7. The molecule has 134 valence electrons. The van der Waals surface area contributed by atoms with Gasteiger partial charge in [-0.1, -0.05) is 0 Å². The van der Waals surface area contributed by atoms with Gasteiger partial charge in [-0.3, -0.25) is 9.59 Å². The third kappa shape index (κ3) is 3.99. The first-order valence-corrected chi connectivity index (χ1v) is 8.64. The van der Waals surface area contributed by atoms with E-state index in [1.165, 1.54) is 0 Å². The lowest BCUT2D eigenvalue weighted by atomic mass is 10.1. The molecule has 25 heavy (non-hydrogen) atoms. The van der Waals surface area contributed by atoms with E-state index in [-0.39, 0.29) is 23.1 Å². The predicted molar refractivity (Wildman–Crippen MR) is 93.8 cm³/mol. The molecule has 1 fully saturated rings. The number of aryl methyl sites for hydroxylation is 2. The van der Waals surface area contributed by atoms with E-state index in [1.807, 2.05) is 13.0 Å². The first kappa shape index (κ1) is 17.4. The van der Waals surface area contributed by atoms with Crippen molar-refractivity contribution in [2.24, 2.45) is 0 Å². The molecule has 1 atom stereocenters. The van der Waals surface area contributed by atoms with Crippen LogP contribution in [0.5, 0.6) is 0 Å². The van der Waals surface area contributed by atoms with Gasteiger partial charge in [0.2, 0.25) is 0 Å². The molecule has 3 rings (SSSR count). The molecule has 1 saturated heterocycles. The molecule has 1 aliphatic heterocycles. The van der Waals surface area contributed by atoms with E-state index in [9.17, 15) is 9.59 Å². The highest BCUT2D eigenvalue weighted by Gasteiger charge is 2.21. The molecule has 1 amide bonds. The minimum Gasteiger partial charge on any atom is -0.376 e. The number of carbonyl (C=O) groups excluding carboxylic acids is 1. The number of imidazole rings is 1. The summed E-state index contributed by atoms with van der Waals surface area (Å²) < 4.78 is 7.29. The van der Waals surface area contributed by atoms with E-state index in [0.717, 1.165) is 30.8 Å². The number of carbonyl (C=O) groups is 1. The van der Waals surface area contributed by atoms with E-state index in [2.05, 4.69) is 15.3 Å². The van der Waals surface area contributed by atoms with Crippen LogP contribution in [0.25, 0.3) is 0 Å². The van der Waals surface area contributed by atoms with E-state index in [4.69, 9.17) is 4.74 Å². The van der Waals surface area contributed by atoms with Gasteiger partial charge in [0, 0.05) is 37.2 Å². The third-order valence-electron chi connectivity index (χ3n) is 4.58. The number of aromatic amines is 1. The molecule has 7 heteroatoms.